The predicted octanol–water partition coefficient (Wildman–Crippen LogP) is 5.63. The number of rotatable bonds is 8. The minimum absolute atomic E-state index is 0.0465. The second-order valence-corrected chi connectivity index (χ2v) is 11.4. The number of H-pyrrole nitrogens is 1. The summed E-state index contributed by atoms with van der Waals surface area (Å²) < 4.78 is 19.4. The molecule has 0 radical (unpaired) electrons. The number of para-hydroxylation sites is 1. The summed E-state index contributed by atoms with van der Waals surface area (Å²) in [5, 5.41) is 6.70. The molecule has 0 saturated heterocycles. The second-order valence-electron chi connectivity index (χ2n) is 11.0. The number of aromatic amines is 1. The van der Waals surface area contributed by atoms with Crippen molar-refractivity contribution in [2.24, 2.45) is 11.8 Å². The fraction of sp³-hybridized carbons (Fsp3) is 0.400. The van der Waals surface area contributed by atoms with E-state index < -0.39 is 11.4 Å². The number of methoxy groups -OCH3 is 2. The summed E-state index contributed by atoms with van der Waals surface area (Å²) in [6.45, 7) is 4.98. The van der Waals surface area contributed by atoms with Gasteiger partial charge in [-0.3, -0.25) is 4.98 Å². The van der Waals surface area contributed by atoms with Crippen LogP contribution in [0.15, 0.2) is 51.9 Å². The van der Waals surface area contributed by atoms with Crippen LogP contribution in [0.25, 0.3) is 34.1 Å². The molecule has 1 saturated carbocycles. The Hall–Kier alpha value is -4.09. The highest BCUT2D eigenvalue weighted by atomic mass is 35.5. The van der Waals surface area contributed by atoms with Gasteiger partial charge in [0.15, 0.2) is 11.2 Å². The molecule has 0 bridgehead atoms. The van der Waals surface area contributed by atoms with Gasteiger partial charge in [0.05, 0.1) is 12.1 Å². The Labute approximate surface area is 247 Å². The van der Waals surface area contributed by atoms with E-state index in [0.717, 1.165) is 18.4 Å². The van der Waals surface area contributed by atoms with E-state index in [1.807, 2.05) is 31.2 Å². The van der Waals surface area contributed by atoms with Crippen molar-refractivity contribution < 1.29 is 13.9 Å². The number of ether oxygens (including phenoxy) is 2. The third-order valence-corrected chi connectivity index (χ3v) is 8.45. The highest BCUT2D eigenvalue weighted by molar-refractivity contribution is 6.30. The van der Waals surface area contributed by atoms with Gasteiger partial charge in [-0.05, 0) is 43.7 Å². The van der Waals surface area contributed by atoms with E-state index in [0.29, 0.717) is 57.4 Å². The van der Waals surface area contributed by atoms with Crippen molar-refractivity contribution >= 4 is 22.8 Å². The van der Waals surface area contributed by atoms with Gasteiger partial charge >= 0.3 is 5.76 Å². The predicted molar refractivity (Wildman–Crippen MR) is 157 cm³/mol. The number of benzene rings is 1. The number of pyridine rings is 1. The van der Waals surface area contributed by atoms with Gasteiger partial charge in [0.1, 0.15) is 22.8 Å². The molecule has 0 spiro atoms. The Bertz CT molecular complexity index is 1790. The van der Waals surface area contributed by atoms with Crippen LogP contribution >= 0.6 is 11.6 Å². The molecule has 1 unspecified atom stereocenters. The fourth-order valence-corrected chi connectivity index (χ4v) is 6.05. The number of nitrogens with one attached hydrogen (secondary N) is 1. The van der Waals surface area contributed by atoms with Crippen LogP contribution in [0.2, 0.25) is 5.02 Å². The molecular formula is C30H32ClN7O4. The summed E-state index contributed by atoms with van der Waals surface area (Å²) in [5.74, 6) is 1.81. The molecule has 1 atom stereocenters. The Morgan fingerprint density at radius 1 is 1.12 bits per heavy atom. The Kier molecular flexibility index (Phi) is 7.54. The lowest BCUT2D eigenvalue weighted by atomic mass is 9.83. The largest absolute Gasteiger partial charge is 0.496 e. The minimum atomic E-state index is -1.02. The molecule has 12 heteroatoms. The number of nitrogens with zero attached hydrogens (tertiary/aromatic N) is 6. The van der Waals surface area contributed by atoms with E-state index in [1.165, 1.54) is 12.8 Å². The molecule has 0 aliphatic heterocycles. The van der Waals surface area contributed by atoms with E-state index in [-0.39, 0.29) is 11.7 Å². The summed E-state index contributed by atoms with van der Waals surface area (Å²) in [5.41, 5.74) is 2.11. The number of fused-ring (bicyclic) bond motifs is 1. The van der Waals surface area contributed by atoms with Crippen LogP contribution in [-0.4, -0.2) is 48.9 Å². The molecule has 0 amide bonds. The van der Waals surface area contributed by atoms with Crippen LogP contribution in [0.5, 0.6) is 5.75 Å². The molecule has 1 N–H and O–H groups in total. The number of hydrogen-bond donors (Lipinski definition) is 1. The molecule has 1 aromatic carbocycles. The fourth-order valence-electron chi connectivity index (χ4n) is 5.87. The standard InChI is InChI=1S/C30H32ClN7O4/c1-17-9-11-18(12-10-17)16-38-24-23(19-13-20(31)15-32-14-19)33-26(27-36-37-29(39)42-27)34-25(24)35-28(38)30(2,41-4)21-7-5-6-8-22(21)40-3/h5-8,13-15,17-18H,9-12,16H2,1-4H3,(H,37,39)/t17-,18-,30?. The summed E-state index contributed by atoms with van der Waals surface area (Å²) in [7, 11) is 3.30. The van der Waals surface area contributed by atoms with Crippen LogP contribution in [0.1, 0.15) is 50.9 Å². The molecule has 4 aromatic heterocycles. The van der Waals surface area contributed by atoms with E-state index in [1.54, 1.807) is 32.7 Å². The zero-order chi connectivity index (χ0) is 29.4. The van der Waals surface area contributed by atoms with Gasteiger partial charge in [0, 0.05) is 37.2 Å². The zero-order valence-corrected chi connectivity index (χ0v) is 24.7. The first-order chi connectivity index (χ1) is 20.3. The molecule has 218 valence electrons. The number of hydrogen-bond acceptors (Lipinski definition) is 9. The van der Waals surface area contributed by atoms with Gasteiger partial charge < -0.3 is 18.5 Å². The van der Waals surface area contributed by atoms with Gasteiger partial charge in [-0.15, -0.1) is 5.10 Å². The maximum Gasteiger partial charge on any atom is 0.434 e. The molecule has 4 heterocycles. The monoisotopic (exact) mass is 589 g/mol. The molecule has 1 aliphatic rings. The van der Waals surface area contributed by atoms with Crippen LogP contribution in [-0.2, 0) is 16.9 Å². The van der Waals surface area contributed by atoms with Crippen LogP contribution < -0.4 is 10.5 Å². The highest BCUT2D eigenvalue weighted by Gasteiger charge is 2.39. The van der Waals surface area contributed by atoms with Crippen molar-refractivity contribution in [2.45, 2.75) is 51.7 Å². The van der Waals surface area contributed by atoms with Crippen molar-refractivity contribution in [3.8, 4) is 28.7 Å². The van der Waals surface area contributed by atoms with Crippen LogP contribution in [0, 0.1) is 11.8 Å². The maximum absolute atomic E-state index is 11.8. The molecule has 1 aliphatic carbocycles. The first-order valence-electron chi connectivity index (χ1n) is 13.9. The topological polar surface area (TPSA) is 134 Å². The summed E-state index contributed by atoms with van der Waals surface area (Å²) in [4.78, 5) is 30.8. The van der Waals surface area contributed by atoms with Crippen molar-refractivity contribution in [1.29, 1.82) is 0 Å². The molecule has 42 heavy (non-hydrogen) atoms. The number of imidazole rings is 1. The minimum Gasteiger partial charge on any atom is -0.496 e. The SMILES string of the molecule is COc1ccccc1C(C)(OC)c1nc2nc(-c3n[nH]c(=O)o3)nc(-c3cncc(Cl)c3)c2n1C[C@H]1CC[C@H](C)CC1. The molecule has 1 fully saturated rings. The van der Waals surface area contributed by atoms with Gasteiger partial charge in [-0.2, -0.15) is 0 Å². The first kappa shape index (κ1) is 28.0. The summed E-state index contributed by atoms with van der Waals surface area (Å²) in [6, 6.07) is 9.54. The highest BCUT2D eigenvalue weighted by Crippen LogP contribution is 2.42. The normalized spacial score (nSPS) is 18.7. The molecule has 11 nitrogen and oxygen atoms in total. The first-order valence-corrected chi connectivity index (χ1v) is 14.3. The van der Waals surface area contributed by atoms with Crippen molar-refractivity contribution in [2.75, 3.05) is 14.2 Å². The quantitative estimate of drug-likeness (QED) is 0.244. The molecular weight excluding hydrogens is 558 g/mol. The Morgan fingerprint density at radius 2 is 1.90 bits per heavy atom. The van der Waals surface area contributed by atoms with Crippen LogP contribution in [0.3, 0.4) is 0 Å². The van der Waals surface area contributed by atoms with Crippen molar-refractivity contribution in [3.05, 3.63) is 69.7 Å². The average molecular weight is 590 g/mol. The second kappa shape index (κ2) is 11.3. The van der Waals surface area contributed by atoms with Gasteiger partial charge in [0.2, 0.25) is 5.82 Å². The van der Waals surface area contributed by atoms with Gasteiger partial charge in [-0.25, -0.2) is 24.8 Å². The third kappa shape index (κ3) is 5.07. The van der Waals surface area contributed by atoms with E-state index in [9.17, 15) is 4.79 Å². The molecule has 6 rings (SSSR count). The third-order valence-electron chi connectivity index (χ3n) is 8.24. The lowest BCUT2D eigenvalue weighted by molar-refractivity contribution is 0.0258. The van der Waals surface area contributed by atoms with E-state index >= 15 is 0 Å². The lowest BCUT2D eigenvalue weighted by Crippen LogP contribution is -2.32. The molecule has 5 aromatic rings. The summed E-state index contributed by atoms with van der Waals surface area (Å²) >= 11 is 6.39. The van der Waals surface area contributed by atoms with Crippen molar-refractivity contribution in [3.63, 3.8) is 0 Å². The number of aromatic nitrogens is 7. The van der Waals surface area contributed by atoms with Gasteiger partial charge in [-0.1, -0.05) is 49.6 Å². The van der Waals surface area contributed by atoms with Crippen LogP contribution in [0.4, 0.5) is 0 Å². The summed E-state index contributed by atoms with van der Waals surface area (Å²) in [6.07, 6.45) is 7.79. The van der Waals surface area contributed by atoms with Gasteiger partial charge in [0.25, 0.3) is 5.89 Å². The smallest absolute Gasteiger partial charge is 0.434 e. The Balaban J connectivity index is 1.66. The Morgan fingerprint density at radius 3 is 2.60 bits per heavy atom. The number of halogens is 1. The van der Waals surface area contributed by atoms with E-state index in [2.05, 4.69) is 26.7 Å². The van der Waals surface area contributed by atoms with Crippen molar-refractivity contribution in [1.82, 2.24) is 34.7 Å². The van der Waals surface area contributed by atoms with E-state index in [4.69, 9.17) is 40.4 Å². The average Bonchev–Trinajstić information content (AvgIpc) is 3.61. The lowest BCUT2D eigenvalue weighted by Gasteiger charge is -2.32. The maximum atomic E-state index is 11.8. The zero-order valence-electron chi connectivity index (χ0n) is 23.9.